The Labute approximate surface area is 134 Å². The van der Waals surface area contributed by atoms with Crippen LogP contribution in [0.15, 0.2) is 0 Å². The molecular weight excluding hydrogens is 276 g/mol. The highest BCUT2D eigenvalue weighted by atomic mass is 16.7. The summed E-state index contributed by atoms with van der Waals surface area (Å²) in [6.07, 6.45) is 7.80. The lowest BCUT2D eigenvalue weighted by Crippen LogP contribution is -2.38. The van der Waals surface area contributed by atoms with Gasteiger partial charge in [-0.25, -0.2) is 0 Å². The normalized spacial score (nSPS) is 47.5. The fraction of sp³-hybridized carbons (Fsp3) is 0.947. The summed E-state index contributed by atoms with van der Waals surface area (Å²) in [7, 11) is 0. The van der Waals surface area contributed by atoms with Gasteiger partial charge in [0.05, 0.1) is 12.0 Å². The minimum Gasteiger partial charge on any atom is -0.436 e. The van der Waals surface area contributed by atoms with Crippen LogP contribution in [0.4, 0.5) is 0 Å². The van der Waals surface area contributed by atoms with Gasteiger partial charge in [-0.2, -0.15) is 0 Å². The Hall–Kier alpha value is -0.570. The standard InChI is InChI=1S/C19H30O3/c1-4-10(2)19(20)22-11(3)21-16-9-14-8-15(16)18-13-6-5-12(7-13)17(14)18/h10-18H,4-9H2,1-3H3. The van der Waals surface area contributed by atoms with Crippen LogP contribution in [0.25, 0.3) is 0 Å². The molecule has 0 heterocycles. The Balaban J connectivity index is 1.35. The lowest BCUT2D eigenvalue weighted by atomic mass is 9.70. The second-order valence-corrected chi connectivity index (χ2v) is 8.37. The highest BCUT2D eigenvalue weighted by molar-refractivity contribution is 5.71. The van der Waals surface area contributed by atoms with Gasteiger partial charge in [-0.1, -0.05) is 13.8 Å². The molecule has 4 rings (SSSR count). The van der Waals surface area contributed by atoms with Gasteiger partial charge in [0.15, 0.2) is 6.29 Å². The third kappa shape index (κ3) is 2.23. The molecule has 4 aliphatic carbocycles. The van der Waals surface area contributed by atoms with Crippen molar-refractivity contribution in [2.45, 2.75) is 71.7 Å². The molecule has 0 aromatic rings. The number of hydrogen-bond acceptors (Lipinski definition) is 3. The Bertz CT molecular complexity index is 448. The van der Waals surface area contributed by atoms with Gasteiger partial charge in [0, 0.05) is 0 Å². The first kappa shape index (κ1) is 15.0. The van der Waals surface area contributed by atoms with E-state index in [2.05, 4.69) is 0 Å². The van der Waals surface area contributed by atoms with E-state index in [0.717, 1.165) is 41.9 Å². The zero-order valence-electron chi connectivity index (χ0n) is 14.2. The van der Waals surface area contributed by atoms with Crippen LogP contribution in [-0.2, 0) is 14.3 Å². The van der Waals surface area contributed by atoms with Crippen LogP contribution in [0, 0.1) is 41.4 Å². The molecule has 9 unspecified atom stereocenters. The lowest BCUT2D eigenvalue weighted by molar-refractivity contribution is -0.197. The molecule has 4 aliphatic rings. The van der Waals surface area contributed by atoms with Crippen molar-refractivity contribution >= 4 is 5.97 Å². The third-order valence-electron chi connectivity index (χ3n) is 7.34. The average Bonchev–Trinajstić information content (AvgIpc) is 3.23. The van der Waals surface area contributed by atoms with E-state index in [1.54, 1.807) is 0 Å². The van der Waals surface area contributed by atoms with Crippen molar-refractivity contribution in [1.29, 1.82) is 0 Å². The van der Waals surface area contributed by atoms with Gasteiger partial charge in [0.25, 0.3) is 0 Å². The molecule has 9 atom stereocenters. The van der Waals surface area contributed by atoms with E-state index < -0.39 is 0 Å². The molecule has 3 heteroatoms. The van der Waals surface area contributed by atoms with Crippen LogP contribution in [0.3, 0.4) is 0 Å². The second-order valence-electron chi connectivity index (χ2n) is 8.37. The summed E-state index contributed by atoms with van der Waals surface area (Å²) in [4.78, 5) is 11.9. The van der Waals surface area contributed by atoms with Crippen LogP contribution in [0.1, 0.15) is 59.3 Å². The molecule has 124 valence electrons. The Kier molecular flexibility index (Phi) is 3.75. The van der Waals surface area contributed by atoms with Crippen molar-refractivity contribution in [2.24, 2.45) is 41.4 Å². The van der Waals surface area contributed by atoms with Crippen LogP contribution >= 0.6 is 0 Å². The van der Waals surface area contributed by atoms with Crippen molar-refractivity contribution < 1.29 is 14.3 Å². The van der Waals surface area contributed by atoms with Gasteiger partial charge in [0.2, 0.25) is 0 Å². The van der Waals surface area contributed by atoms with E-state index in [9.17, 15) is 4.79 Å². The van der Waals surface area contributed by atoms with E-state index in [1.165, 1.54) is 32.1 Å². The van der Waals surface area contributed by atoms with E-state index in [-0.39, 0.29) is 18.2 Å². The maximum atomic E-state index is 11.9. The van der Waals surface area contributed by atoms with Crippen LogP contribution in [0.5, 0.6) is 0 Å². The van der Waals surface area contributed by atoms with Gasteiger partial charge in [-0.05, 0) is 81.0 Å². The number of carbonyl (C=O) groups is 1. The van der Waals surface area contributed by atoms with Gasteiger partial charge in [-0.15, -0.1) is 0 Å². The molecular formula is C19H30O3. The van der Waals surface area contributed by atoms with Crippen LogP contribution in [0.2, 0.25) is 0 Å². The lowest BCUT2D eigenvalue weighted by Gasteiger charge is -2.39. The molecule has 0 amide bonds. The first-order valence-corrected chi connectivity index (χ1v) is 9.44. The predicted octanol–water partition coefficient (Wildman–Crippen LogP) is 4.01. The van der Waals surface area contributed by atoms with Crippen molar-refractivity contribution in [3.05, 3.63) is 0 Å². The summed E-state index contributed by atoms with van der Waals surface area (Å²) in [5.41, 5.74) is 0. The highest BCUT2D eigenvalue weighted by Crippen LogP contribution is 2.67. The maximum absolute atomic E-state index is 11.9. The Morgan fingerprint density at radius 1 is 1.05 bits per heavy atom. The molecule has 4 fully saturated rings. The summed E-state index contributed by atoms with van der Waals surface area (Å²) in [5.74, 6) is 5.46. The zero-order chi connectivity index (χ0) is 15.4. The first-order valence-electron chi connectivity index (χ1n) is 9.44. The van der Waals surface area contributed by atoms with Crippen molar-refractivity contribution in [2.75, 3.05) is 0 Å². The third-order valence-corrected chi connectivity index (χ3v) is 7.34. The summed E-state index contributed by atoms with van der Waals surface area (Å²) in [6.45, 7) is 5.83. The molecule has 4 saturated carbocycles. The molecule has 0 radical (unpaired) electrons. The van der Waals surface area contributed by atoms with Crippen molar-refractivity contribution in [3.63, 3.8) is 0 Å². The topological polar surface area (TPSA) is 35.5 Å². The van der Waals surface area contributed by atoms with E-state index in [1.807, 2.05) is 20.8 Å². The predicted molar refractivity (Wildman–Crippen MR) is 83.9 cm³/mol. The van der Waals surface area contributed by atoms with Gasteiger partial charge < -0.3 is 9.47 Å². The van der Waals surface area contributed by atoms with E-state index in [0.29, 0.717) is 6.10 Å². The largest absolute Gasteiger partial charge is 0.436 e. The number of hydrogen-bond donors (Lipinski definition) is 0. The molecule has 0 saturated heterocycles. The quantitative estimate of drug-likeness (QED) is 0.437. The van der Waals surface area contributed by atoms with Gasteiger partial charge in [0.1, 0.15) is 0 Å². The molecule has 0 N–H and O–H groups in total. The minimum atomic E-state index is -0.386. The summed E-state index contributed by atoms with van der Waals surface area (Å²) >= 11 is 0. The molecule has 0 aromatic carbocycles. The molecule has 3 nitrogen and oxygen atoms in total. The number of rotatable bonds is 5. The Morgan fingerprint density at radius 2 is 1.77 bits per heavy atom. The fourth-order valence-electron chi connectivity index (χ4n) is 6.38. The number of fused-ring (bicyclic) bond motifs is 9. The second kappa shape index (κ2) is 5.51. The maximum Gasteiger partial charge on any atom is 0.310 e. The zero-order valence-corrected chi connectivity index (χ0v) is 14.2. The number of esters is 1. The fourth-order valence-corrected chi connectivity index (χ4v) is 6.38. The van der Waals surface area contributed by atoms with Crippen molar-refractivity contribution in [1.82, 2.24) is 0 Å². The summed E-state index contributed by atoms with van der Waals surface area (Å²) in [6, 6.07) is 0. The van der Waals surface area contributed by atoms with Gasteiger partial charge in [-0.3, -0.25) is 4.79 Å². The van der Waals surface area contributed by atoms with Gasteiger partial charge >= 0.3 is 5.97 Å². The Morgan fingerprint density at radius 3 is 2.50 bits per heavy atom. The van der Waals surface area contributed by atoms with Crippen LogP contribution < -0.4 is 0 Å². The number of carbonyl (C=O) groups excluding carboxylic acids is 1. The van der Waals surface area contributed by atoms with Crippen LogP contribution in [-0.4, -0.2) is 18.4 Å². The monoisotopic (exact) mass is 306 g/mol. The molecule has 0 spiro atoms. The summed E-state index contributed by atoms with van der Waals surface area (Å²) in [5, 5.41) is 0. The average molecular weight is 306 g/mol. The molecule has 0 aliphatic heterocycles. The molecule has 0 aromatic heterocycles. The minimum absolute atomic E-state index is 0.0268. The summed E-state index contributed by atoms with van der Waals surface area (Å²) < 4.78 is 11.7. The SMILES string of the molecule is CCC(C)C(=O)OC(C)OC1CC2CC1C1C3CCC(C3)C21. The highest BCUT2D eigenvalue weighted by Gasteiger charge is 2.62. The van der Waals surface area contributed by atoms with Crippen molar-refractivity contribution in [3.8, 4) is 0 Å². The first-order chi connectivity index (χ1) is 10.6. The number of ether oxygens (including phenoxy) is 2. The smallest absolute Gasteiger partial charge is 0.310 e. The van der Waals surface area contributed by atoms with E-state index in [4.69, 9.17) is 9.47 Å². The molecule has 22 heavy (non-hydrogen) atoms. The van der Waals surface area contributed by atoms with E-state index >= 15 is 0 Å². The molecule has 4 bridgehead atoms.